The van der Waals surface area contributed by atoms with Crippen LogP contribution in [-0.4, -0.2) is 17.5 Å². The highest BCUT2D eigenvalue weighted by Gasteiger charge is 2.20. The topological polar surface area (TPSA) is 49.7 Å². The molecular weight excluding hydrogens is 156 g/mol. The molecule has 0 aromatic heterocycles. The molecule has 0 N–H and O–H groups in total. The molecule has 0 aliphatic heterocycles. The molecule has 0 aliphatic carbocycles. The third kappa shape index (κ3) is 4.05. The molecule has 4 heteroatoms. The molecule has 0 unspecified atom stereocenters. The minimum Gasteiger partial charge on any atom is -0.273 e. The summed E-state index contributed by atoms with van der Waals surface area (Å²) < 4.78 is 0. The van der Waals surface area contributed by atoms with Gasteiger partial charge in [-0.15, -0.1) is 4.91 Å². The zero-order valence-corrected chi connectivity index (χ0v) is 8.13. The van der Waals surface area contributed by atoms with Gasteiger partial charge in [0.2, 0.25) is 5.91 Å². The van der Waals surface area contributed by atoms with Crippen molar-refractivity contribution in [3.8, 4) is 0 Å². The summed E-state index contributed by atoms with van der Waals surface area (Å²) in [5.74, 6) is -0.208. The van der Waals surface area contributed by atoms with E-state index in [2.05, 4.69) is 5.29 Å². The van der Waals surface area contributed by atoms with Crippen LogP contribution in [0.4, 0.5) is 0 Å². The van der Waals surface area contributed by atoms with Crippen LogP contribution in [0.5, 0.6) is 0 Å². The SMILES string of the molecule is CCN(N=O)C(=O)CC(C)(C)C. The lowest BCUT2D eigenvalue weighted by Crippen LogP contribution is -2.28. The summed E-state index contributed by atoms with van der Waals surface area (Å²) in [6, 6.07) is 0. The summed E-state index contributed by atoms with van der Waals surface area (Å²) in [6.45, 7) is 7.91. The van der Waals surface area contributed by atoms with Gasteiger partial charge in [0.05, 0.1) is 5.29 Å². The van der Waals surface area contributed by atoms with Gasteiger partial charge in [0, 0.05) is 13.0 Å². The maximum absolute atomic E-state index is 11.3. The van der Waals surface area contributed by atoms with Gasteiger partial charge in [0.25, 0.3) is 0 Å². The van der Waals surface area contributed by atoms with Crippen molar-refractivity contribution in [2.24, 2.45) is 10.7 Å². The number of rotatable bonds is 3. The van der Waals surface area contributed by atoms with Gasteiger partial charge in [-0.3, -0.25) is 4.79 Å². The van der Waals surface area contributed by atoms with E-state index < -0.39 is 0 Å². The smallest absolute Gasteiger partial charge is 0.245 e. The molecule has 1 amide bonds. The molecule has 0 aromatic carbocycles. The molecule has 0 atom stereocenters. The van der Waals surface area contributed by atoms with Crippen LogP contribution in [0.15, 0.2) is 5.29 Å². The van der Waals surface area contributed by atoms with Crippen molar-refractivity contribution in [3.05, 3.63) is 4.91 Å². The quantitative estimate of drug-likeness (QED) is 0.482. The predicted octanol–water partition coefficient (Wildman–Crippen LogP) is 1.95. The monoisotopic (exact) mass is 172 g/mol. The Bertz CT molecular complexity index is 172. The molecule has 0 radical (unpaired) electrons. The first-order chi connectivity index (χ1) is 5.40. The Morgan fingerprint density at radius 2 is 1.92 bits per heavy atom. The number of nitrogens with zero attached hydrogens (tertiary/aromatic N) is 2. The van der Waals surface area contributed by atoms with Crippen LogP contribution in [0.1, 0.15) is 34.1 Å². The van der Waals surface area contributed by atoms with E-state index >= 15 is 0 Å². The molecule has 0 bridgehead atoms. The van der Waals surface area contributed by atoms with E-state index in [0.717, 1.165) is 5.01 Å². The second-order valence-corrected chi connectivity index (χ2v) is 3.93. The fraction of sp³-hybridized carbons (Fsp3) is 0.875. The standard InChI is InChI=1S/C8H16N2O2/c1-5-10(9-12)7(11)6-8(2,3)4/h5-6H2,1-4H3. The molecule has 0 spiro atoms. The molecule has 0 fully saturated rings. The van der Waals surface area contributed by atoms with E-state index in [-0.39, 0.29) is 11.3 Å². The van der Waals surface area contributed by atoms with E-state index in [1.54, 1.807) is 6.92 Å². The number of hydrogen-bond acceptors (Lipinski definition) is 3. The average Bonchev–Trinajstić information content (AvgIpc) is 1.85. The Kier molecular flexibility index (Phi) is 3.86. The molecule has 4 nitrogen and oxygen atoms in total. The Morgan fingerprint density at radius 3 is 2.17 bits per heavy atom. The van der Waals surface area contributed by atoms with Crippen molar-refractivity contribution in [2.75, 3.05) is 6.54 Å². The first-order valence-corrected chi connectivity index (χ1v) is 4.04. The number of hydrogen-bond donors (Lipinski definition) is 0. The number of carbonyl (C=O) groups is 1. The van der Waals surface area contributed by atoms with Gasteiger partial charge >= 0.3 is 0 Å². The van der Waals surface area contributed by atoms with Gasteiger partial charge in [0.15, 0.2) is 0 Å². The van der Waals surface area contributed by atoms with E-state index in [0.29, 0.717) is 13.0 Å². The zero-order valence-electron chi connectivity index (χ0n) is 8.13. The van der Waals surface area contributed by atoms with Crippen LogP contribution in [-0.2, 0) is 4.79 Å². The van der Waals surface area contributed by atoms with Gasteiger partial charge in [-0.25, -0.2) is 0 Å². The predicted molar refractivity (Wildman–Crippen MR) is 47.3 cm³/mol. The summed E-state index contributed by atoms with van der Waals surface area (Å²) in [5, 5.41) is 3.57. The lowest BCUT2D eigenvalue weighted by molar-refractivity contribution is -0.133. The van der Waals surface area contributed by atoms with E-state index in [9.17, 15) is 9.70 Å². The maximum atomic E-state index is 11.3. The molecule has 70 valence electrons. The minimum atomic E-state index is -0.208. The lowest BCUT2D eigenvalue weighted by atomic mass is 9.92. The molecule has 0 aromatic rings. The van der Waals surface area contributed by atoms with Gasteiger partial charge in [-0.2, -0.15) is 5.01 Å². The van der Waals surface area contributed by atoms with Crippen molar-refractivity contribution in [1.82, 2.24) is 5.01 Å². The first-order valence-electron chi connectivity index (χ1n) is 4.04. The third-order valence-electron chi connectivity index (χ3n) is 1.37. The molecule has 0 heterocycles. The fourth-order valence-corrected chi connectivity index (χ4v) is 0.825. The summed E-state index contributed by atoms with van der Waals surface area (Å²) in [4.78, 5) is 21.4. The number of amides is 1. The molecule has 0 aliphatic rings. The zero-order chi connectivity index (χ0) is 9.78. The molecule has 0 saturated heterocycles. The third-order valence-corrected chi connectivity index (χ3v) is 1.37. The van der Waals surface area contributed by atoms with Gasteiger partial charge < -0.3 is 0 Å². The fourth-order valence-electron chi connectivity index (χ4n) is 0.825. The number of nitroso groups, excluding NO2 is 1. The Labute approximate surface area is 72.9 Å². The first kappa shape index (κ1) is 11.1. The largest absolute Gasteiger partial charge is 0.273 e. The highest BCUT2D eigenvalue weighted by atomic mass is 16.3. The molecule has 12 heavy (non-hydrogen) atoms. The van der Waals surface area contributed by atoms with Crippen LogP contribution in [0.3, 0.4) is 0 Å². The maximum Gasteiger partial charge on any atom is 0.245 e. The Hall–Kier alpha value is -0.930. The Balaban J connectivity index is 4.11. The van der Waals surface area contributed by atoms with Crippen LogP contribution in [0.2, 0.25) is 0 Å². The second kappa shape index (κ2) is 4.18. The van der Waals surface area contributed by atoms with Crippen molar-refractivity contribution in [2.45, 2.75) is 34.1 Å². The summed E-state index contributed by atoms with van der Waals surface area (Å²) >= 11 is 0. The Morgan fingerprint density at radius 1 is 1.42 bits per heavy atom. The van der Waals surface area contributed by atoms with Crippen LogP contribution in [0.25, 0.3) is 0 Å². The van der Waals surface area contributed by atoms with E-state index in [1.165, 1.54) is 0 Å². The normalized spacial score (nSPS) is 11.0. The minimum absolute atomic E-state index is 0.0881. The van der Waals surface area contributed by atoms with Crippen LogP contribution >= 0.6 is 0 Å². The van der Waals surface area contributed by atoms with Crippen LogP contribution in [0, 0.1) is 10.3 Å². The number of carbonyl (C=O) groups excluding carboxylic acids is 1. The highest BCUT2D eigenvalue weighted by molar-refractivity contribution is 5.76. The van der Waals surface area contributed by atoms with Crippen molar-refractivity contribution in [3.63, 3.8) is 0 Å². The van der Waals surface area contributed by atoms with Crippen molar-refractivity contribution in [1.29, 1.82) is 0 Å². The molecular formula is C8H16N2O2. The summed E-state index contributed by atoms with van der Waals surface area (Å²) in [5.41, 5.74) is -0.0881. The van der Waals surface area contributed by atoms with Crippen molar-refractivity contribution < 1.29 is 4.79 Å². The average molecular weight is 172 g/mol. The molecule has 0 saturated carbocycles. The lowest BCUT2D eigenvalue weighted by Gasteiger charge is -2.19. The van der Waals surface area contributed by atoms with Gasteiger partial charge in [0.1, 0.15) is 0 Å². The van der Waals surface area contributed by atoms with Crippen LogP contribution < -0.4 is 0 Å². The molecule has 0 rings (SSSR count). The van der Waals surface area contributed by atoms with Gasteiger partial charge in [-0.1, -0.05) is 20.8 Å². The summed E-state index contributed by atoms with van der Waals surface area (Å²) in [6.07, 6.45) is 0.354. The van der Waals surface area contributed by atoms with Gasteiger partial charge in [-0.05, 0) is 12.3 Å². The second-order valence-electron chi connectivity index (χ2n) is 3.93. The summed E-state index contributed by atoms with van der Waals surface area (Å²) in [7, 11) is 0. The highest BCUT2D eigenvalue weighted by Crippen LogP contribution is 2.19. The van der Waals surface area contributed by atoms with Crippen molar-refractivity contribution >= 4 is 5.91 Å². The van der Waals surface area contributed by atoms with E-state index in [4.69, 9.17) is 0 Å². The van der Waals surface area contributed by atoms with E-state index in [1.807, 2.05) is 20.8 Å².